The van der Waals surface area contributed by atoms with Gasteiger partial charge in [0, 0.05) is 50.3 Å². The number of piperazine rings is 1. The molecule has 1 unspecified atom stereocenters. The van der Waals surface area contributed by atoms with Crippen molar-refractivity contribution in [1.82, 2.24) is 14.2 Å². The van der Waals surface area contributed by atoms with E-state index < -0.39 is 10.0 Å². The molecule has 1 aliphatic heterocycles. The van der Waals surface area contributed by atoms with Gasteiger partial charge in [-0.25, -0.2) is 12.4 Å². The molecule has 2 heterocycles. The lowest BCUT2D eigenvalue weighted by Gasteiger charge is -2.32. The van der Waals surface area contributed by atoms with Crippen LogP contribution in [0.3, 0.4) is 0 Å². The van der Waals surface area contributed by atoms with Gasteiger partial charge in [-0.3, -0.25) is 4.90 Å². The average molecular weight is 439 g/mol. The molecule has 2 aromatic carbocycles. The largest absolute Gasteiger partial charge is 0.326 e. The summed E-state index contributed by atoms with van der Waals surface area (Å²) in [6.07, 6.45) is 5.21. The predicted molar refractivity (Wildman–Crippen MR) is 127 cm³/mol. The van der Waals surface area contributed by atoms with E-state index in [0.29, 0.717) is 12.6 Å². The normalized spacial score (nSPS) is 18.2. The Morgan fingerprint density at radius 1 is 1.16 bits per heavy atom. The first kappa shape index (κ1) is 21.8. The molecule has 0 bridgehead atoms. The van der Waals surface area contributed by atoms with Crippen LogP contribution in [0.15, 0.2) is 60.8 Å². The number of fused-ring (bicyclic) bond motifs is 1. The first-order valence-electron chi connectivity index (χ1n) is 10.7. The van der Waals surface area contributed by atoms with Crippen LogP contribution in [0, 0.1) is 0 Å². The molecule has 6 nitrogen and oxygen atoms in total. The summed E-state index contributed by atoms with van der Waals surface area (Å²) in [5.41, 5.74) is 9.53. The van der Waals surface area contributed by atoms with Crippen LogP contribution in [-0.4, -0.2) is 48.7 Å². The topological polar surface area (TPSA) is 80.4 Å². The molecule has 0 amide bonds. The second-order valence-electron chi connectivity index (χ2n) is 8.18. The van der Waals surface area contributed by atoms with E-state index in [4.69, 9.17) is 5.73 Å². The molecule has 3 N–H and O–H groups in total. The van der Waals surface area contributed by atoms with Gasteiger partial charge in [0.1, 0.15) is 0 Å². The third-order valence-electron chi connectivity index (χ3n) is 5.77. The molecule has 4 rings (SSSR count). The van der Waals surface area contributed by atoms with Gasteiger partial charge in [-0.1, -0.05) is 48.6 Å². The minimum absolute atomic E-state index is 0.0606. The lowest BCUT2D eigenvalue weighted by Crippen LogP contribution is -2.48. The highest BCUT2D eigenvalue weighted by Gasteiger charge is 2.19. The Balaban J connectivity index is 1.52. The molecule has 0 saturated carbocycles. The molecule has 1 aliphatic rings. The zero-order valence-electron chi connectivity index (χ0n) is 17.9. The summed E-state index contributed by atoms with van der Waals surface area (Å²) in [6.45, 7) is 6.48. The molecule has 1 saturated heterocycles. The van der Waals surface area contributed by atoms with Gasteiger partial charge in [-0.05, 0) is 35.7 Å². The number of rotatable bonds is 7. The highest BCUT2D eigenvalue weighted by atomic mass is 32.2. The van der Waals surface area contributed by atoms with E-state index in [1.807, 2.05) is 48.5 Å². The Morgan fingerprint density at radius 2 is 1.97 bits per heavy atom. The van der Waals surface area contributed by atoms with Crippen LogP contribution >= 0.6 is 0 Å². The number of hydrogen-bond acceptors (Lipinski definition) is 5. The van der Waals surface area contributed by atoms with Crippen LogP contribution < -0.4 is 11.1 Å². The molecule has 0 radical (unpaired) electrons. The fourth-order valence-electron chi connectivity index (χ4n) is 4.13. The maximum atomic E-state index is 13.0. The van der Waals surface area contributed by atoms with Crippen LogP contribution in [0.2, 0.25) is 0 Å². The van der Waals surface area contributed by atoms with Gasteiger partial charge < -0.3 is 11.1 Å². The Bertz CT molecular complexity index is 1170. The summed E-state index contributed by atoms with van der Waals surface area (Å²) in [5, 5.41) is 4.46. The van der Waals surface area contributed by atoms with Gasteiger partial charge in [0.25, 0.3) is 0 Å². The Kier molecular flexibility index (Phi) is 6.57. The molecule has 1 fully saturated rings. The van der Waals surface area contributed by atoms with Crippen LogP contribution in [0.25, 0.3) is 17.0 Å². The summed E-state index contributed by atoms with van der Waals surface area (Å²) in [6, 6.07) is 16.1. The highest BCUT2D eigenvalue weighted by molar-refractivity contribution is 7.90. The van der Waals surface area contributed by atoms with Gasteiger partial charge in [-0.2, -0.15) is 0 Å². The van der Waals surface area contributed by atoms with E-state index in [-0.39, 0.29) is 5.75 Å². The van der Waals surface area contributed by atoms with E-state index in [1.54, 1.807) is 12.3 Å². The standard InChI is InChI=1S/C24H30N4O2S/c1-19-17-27(14-12-26-19)18-22-5-2-6-24-23(22)11-13-28(24)31(29,30)15-3-4-20-7-9-21(16-25)10-8-20/h2-11,13,19,26H,12,14-18,25H2,1H3. The van der Waals surface area contributed by atoms with Crippen LogP contribution in [0.1, 0.15) is 23.6 Å². The van der Waals surface area contributed by atoms with Crippen molar-refractivity contribution in [1.29, 1.82) is 0 Å². The molecule has 0 aliphatic carbocycles. The number of nitrogens with zero attached hydrogens (tertiary/aromatic N) is 2. The van der Waals surface area contributed by atoms with Crippen molar-refractivity contribution in [2.75, 3.05) is 25.4 Å². The van der Waals surface area contributed by atoms with Crippen molar-refractivity contribution in [2.24, 2.45) is 5.73 Å². The first-order valence-corrected chi connectivity index (χ1v) is 12.3. The maximum absolute atomic E-state index is 13.0. The van der Waals surface area contributed by atoms with Crippen LogP contribution in [0.5, 0.6) is 0 Å². The second kappa shape index (κ2) is 9.36. The summed E-state index contributed by atoms with van der Waals surface area (Å²) in [5.74, 6) is -0.0606. The summed E-state index contributed by atoms with van der Waals surface area (Å²) < 4.78 is 27.4. The minimum Gasteiger partial charge on any atom is -0.326 e. The average Bonchev–Trinajstić information content (AvgIpc) is 3.20. The Morgan fingerprint density at radius 3 is 2.71 bits per heavy atom. The SMILES string of the molecule is CC1CN(Cc2cccc3c2ccn3S(=O)(=O)CC=Cc2ccc(CN)cc2)CCN1. The Labute approximate surface area is 184 Å². The molecule has 1 atom stereocenters. The highest BCUT2D eigenvalue weighted by Crippen LogP contribution is 2.24. The van der Waals surface area contributed by atoms with Crippen molar-refractivity contribution in [2.45, 2.75) is 26.1 Å². The zero-order chi connectivity index (χ0) is 21.8. The number of nitrogens with two attached hydrogens (primary N) is 1. The van der Waals surface area contributed by atoms with E-state index in [9.17, 15) is 8.42 Å². The van der Waals surface area contributed by atoms with E-state index >= 15 is 0 Å². The van der Waals surface area contributed by atoms with Crippen LogP contribution in [-0.2, 0) is 23.1 Å². The van der Waals surface area contributed by atoms with E-state index in [1.165, 1.54) is 3.97 Å². The third-order valence-corrected chi connectivity index (χ3v) is 7.30. The fourth-order valence-corrected chi connectivity index (χ4v) is 5.34. The molecule has 0 spiro atoms. The summed E-state index contributed by atoms with van der Waals surface area (Å²) >= 11 is 0. The predicted octanol–water partition coefficient (Wildman–Crippen LogP) is 2.79. The molecular weight excluding hydrogens is 408 g/mol. The zero-order valence-corrected chi connectivity index (χ0v) is 18.7. The van der Waals surface area contributed by atoms with Gasteiger partial charge in [0.2, 0.25) is 10.0 Å². The van der Waals surface area contributed by atoms with Crippen molar-refractivity contribution in [3.8, 4) is 0 Å². The number of nitrogens with one attached hydrogen (secondary N) is 1. The second-order valence-corrected chi connectivity index (χ2v) is 10.1. The fraction of sp³-hybridized carbons (Fsp3) is 0.333. The number of aromatic nitrogens is 1. The van der Waals surface area contributed by atoms with Crippen molar-refractivity contribution >= 4 is 27.0 Å². The quantitative estimate of drug-likeness (QED) is 0.593. The monoisotopic (exact) mass is 438 g/mol. The molecular formula is C24H30N4O2S. The maximum Gasteiger partial charge on any atom is 0.242 e. The van der Waals surface area contributed by atoms with Gasteiger partial charge >= 0.3 is 0 Å². The van der Waals surface area contributed by atoms with Gasteiger partial charge in [0.05, 0.1) is 11.3 Å². The lowest BCUT2D eigenvalue weighted by molar-refractivity contribution is 0.200. The molecule has 7 heteroatoms. The molecule has 31 heavy (non-hydrogen) atoms. The van der Waals surface area contributed by atoms with Crippen molar-refractivity contribution < 1.29 is 8.42 Å². The molecule has 1 aromatic heterocycles. The first-order chi connectivity index (χ1) is 15.0. The number of benzene rings is 2. The minimum atomic E-state index is -3.50. The number of hydrogen-bond donors (Lipinski definition) is 2. The lowest BCUT2D eigenvalue weighted by atomic mass is 10.1. The smallest absolute Gasteiger partial charge is 0.242 e. The summed E-state index contributed by atoms with van der Waals surface area (Å²) in [4.78, 5) is 2.42. The van der Waals surface area contributed by atoms with Crippen LogP contribution in [0.4, 0.5) is 0 Å². The summed E-state index contributed by atoms with van der Waals surface area (Å²) in [7, 11) is -3.50. The van der Waals surface area contributed by atoms with E-state index in [2.05, 4.69) is 23.2 Å². The van der Waals surface area contributed by atoms with Gasteiger partial charge in [0.15, 0.2) is 0 Å². The van der Waals surface area contributed by atoms with Gasteiger partial charge in [-0.15, -0.1) is 0 Å². The van der Waals surface area contributed by atoms with E-state index in [0.717, 1.165) is 53.8 Å². The third kappa shape index (κ3) is 5.07. The Hall–Kier alpha value is -2.45. The van der Waals surface area contributed by atoms with Crippen molar-refractivity contribution in [3.63, 3.8) is 0 Å². The molecule has 3 aromatic rings. The van der Waals surface area contributed by atoms with Crippen molar-refractivity contribution in [3.05, 3.63) is 77.5 Å². The molecule has 164 valence electrons.